The summed E-state index contributed by atoms with van der Waals surface area (Å²) in [5.74, 6) is 0.594. The van der Waals surface area contributed by atoms with Crippen molar-refractivity contribution in [3.63, 3.8) is 0 Å². The van der Waals surface area contributed by atoms with E-state index in [2.05, 4.69) is 9.88 Å². The average Bonchev–Trinajstić information content (AvgIpc) is 2.78. The van der Waals surface area contributed by atoms with Crippen molar-refractivity contribution in [1.82, 2.24) is 4.98 Å². The summed E-state index contributed by atoms with van der Waals surface area (Å²) in [4.78, 5) is 18.2. The monoisotopic (exact) mass is 262 g/mol. The van der Waals surface area contributed by atoms with Gasteiger partial charge in [0.25, 0.3) is 0 Å². The first-order chi connectivity index (χ1) is 9.26. The van der Waals surface area contributed by atoms with E-state index in [1.807, 2.05) is 6.07 Å². The number of morpholine rings is 1. The van der Waals surface area contributed by atoms with Crippen molar-refractivity contribution < 1.29 is 14.3 Å². The van der Waals surface area contributed by atoms with Gasteiger partial charge in [-0.15, -0.1) is 0 Å². The number of rotatable bonds is 3. The maximum absolute atomic E-state index is 11.6. The molecule has 0 aliphatic carbocycles. The minimum atomic E-state index is -0.316. The predicted octanol–water partition coefficient (Wildman–Crippen LogP) is 1.63. The Morgan fingerprint density at radius 3 is 2.74 bits per heavy atom. The lowest BCUT2D eigenvalue weighted by Gasteiger charge is -2.32. The second-order valence-corrected chi connectivity index (χ2v) is 4.99. The fourth-order valence-corrected chi connectivity index (χ4v) is 2.71. The molecule has 5 heteroatoms. The zero-order chi connectivity index (χ0) is 13.2. The number of esters is 1. The maximum atomic E-state index is 11.6. The van der Waals surface area contributed by atoms with Crippen LogP contribution in [0, 0.1) is 0 Å². The van der Waals surface area contributed by atoms with Gasteiger partial charge in [0.15, 0.2) is 0 Å². The van der Waals surface area contributed by atoms with Gasteiger partial charge in [0.05, 0.1) is 24.4 Å². The van der Waals surface area contributed by atoms with Crippen molar-refractivity contribution in [2.24, 2.45) is 0 Å². The summed E-state index contributed by atoms with van der Waals surface area (Å²) in [7, 11) is 0. The van der Waals surface area contributed by atoms with E-state index in [1.165, 1.54) is 0 Å². The van der Waals surface area contributed by atoms with E-state index in [-0.39, 0.29) is 5.97 Å². The van der Waals surface area contributed by atoms with Gasteiger partial charge in [-0.3, -0.25) is 0 Å². The number of pyridine rings is 1. The number of aromatic nitrogens is 1. The molecule has 0 amide bonds. The van der Waals surface area contributed by atoms with Gasteiger partial charge in [0.1, 0.15) is 5.82 Å². The van der Waals surface area contributed by atoms with E-state index in [4.69, 9.17) is 9.47 Å². The molecular formula is C14H18N2O3. The highest BCUT2D eigenvalue weighted by atomic mass is 16.5. The molecule has 2 fully saturated rings. The quantitative estimate of drug-likeness (QED) is 0.775. The van der Waals surface area contributed by atoms with E-state index >= 15 is 0 Å². The predicted molar refractivity (Wildman–Crippen MR) is 70.3 cm³/mol. The number of fused-ring (bicyclic) bond motifs is 2. The Bertz CT molecular complexity index is 448. The normalized spacial score (nSPS) is 25.4. The highest BCUT2D eigenvalue weighted by Crippen LogP contribution is 2.28. The van der Waals surface area contributed by atoms with Gasteiger partial charge in [-0.1, -0.05) is 0 Å². The second kappa shape index (κ2) is 5.17. The van der Waals surface area contributed by atoms with Crippen LogP contribution in [-0.2, 0) is 9.47 Å². The zero-order valence-electron chi connectivity index (χ0n) is 11.0. The third kappa shape index (κ3) is 2.56. The molecule has 2 bridgehead atoms. The van der Waals surface area contributed by atoms with Crippen LogP contribution in [0.25, 0.3) is 0 Å². The third-order valence-corrected chi connectivity index (χ3v) is 3.63. The van der Waals surface area contributed by atoms with Crippen molar-refractivity contribution >= 4 is 11.8 Å². The van der Waals surface area contributed by atoms with Gasteiger partial charge < -0.3 is 14.4 Å². The lowest BCUT2D eigenvalue weighted by Crippen LogP contribution is -2.43. The number of hydrogen-bond donors (Lipinski definition) is 0. The number of anilines is 1. The molecule has 2 aliphatic rings. The van der Waals surface area contributed by atoms with Crippen molar-refractivity contribution in [2.75, 3.05) is 24.6 Å². The molecule has 0 radical (unpaired) electrons. The molecule has 3 heterocycles. The lowest BCUT2D eigenvalue weighted by atomic mass is 10.2. The molecule has 102 valence electrons. The molecule has 1 aromatic rings. The first-order valence-corrected chi connectivity index (χ1v) is 6.80. The van der Waals surface area contributed by atoms with Gasteiger partial charge in [0, 0.05) is 19.3 Å². The number of carbonyl (C=O) groups is 1. The number of nitrogens with zero attached hydrogens (tertiary/aromatic N) is 2. The Balaban J connectivity index is 1.70. The van der Waals surface area contributed by atoms with Crippen LogP contribution in [0.4, 0.5) is 5.82 Å². The Hall–Kier alpha value is -1.62. The first-order valence-electron chi connectivity index (χ1n) is 6.80. The van der Waals surface area contributed by atoms with Crippen LogP contribution in [0.2, 0.25) is 0 Å². The highest BCUT2D eigenvalue weighted by Gasteiger charge is 2.34. The van der Waals surface area contributed by atoms with Gasteiger partial charge >= 0.3 is 5.97 Å². The van der Waals surface area contributed by atoms with Gasteiger partial charge in [0.2, 0.25) is 0 Å². The molecule has 3 rings (SSSR count). The van der Waals surface area contributed by atoms with Crippen LogP contribution in [0.3, 0.4) is 0 Å². The van der Waals surface area contributed by atoms with E-state index in [1.54, 1.807) is 19.2 Å². The van der Waals surface area contributed by atoms with E-state index in [0.717, 1.165) is 31.7 Å². The largest absolute Gasteiger partial charge is 0.462 e. The molecular weight excluding hydrogens is 244 g/mol. The fourth-order valence-electron chi connectivity index (χ4n) is 2.71. The summed E-state index contributed by atoms with van der Waals surface area (Å²) in [6, 6.07) is 3.66. The van der Waals surface area contributed by atoms with Gasteiger partial charge in [-0.2, -0.15) is 0 Å². The summed E-state index contributed by atoms with van der Waals surface area (Å²) < 4.78 is 10.7. The van der Waals surface area contributed by atoms with Gasteiger partial charge in [-0.05, 0) is 31.9 Å². The molecule has 0 spiro atoms. The minimum absolute atomic E-state index is 0.316. The summed E-state index contributed by atoms with van der Waals surface area (Å²) in [5.41, 5.74) is 0.502. The van der Waals surface area contributed by atoms with Crippen LogP contribution < -0.4 is 4.90 Å². The van der Waals surface area contributed by atoms with Crippen LogP contribution in [0.1, 0.15) is 30.1 Å². The fraction of sp³-hybridized carbons (Fsp3) is 0.571. The van der Waals surface area contributed by atoms with E-state index < -0.39 is 0 Å². The summed E-state index contributed by atoms with van der Waals surface area (Å²) in [6.45, 7) is 3.96. The number of ether oxygens (including phenoxy) is 2. The van der Waals surface area contributed by atoms with E-state index in [0.29, 0.717) is 24.4 Å². The molecule has 0 N–H and O–H groups in total. The van der Waals surface area contributed by atoms with E-state index in [9.17, 15) is 4.79 Å². The van der Waals surface area contributed by atoms with Crippen LogP contribution in [-0.4, -0.2) is 42.9 Å². The van der Waals surface area contributed by atoms with Crippen molar-refractivity contribution in [1.29, 1.82) is 0 Å². The molecule has 2 unspecified atom stereocenters. The Morgan fingerprint density at radius 1 is 1.42 bits per heavy atom. The minimum Gasteiger partial charge on any atom is -0.462 e. The Kier molecular flexibility index (Phi) is 3.38. The highest BCUT2D eigenvalue weighted by molar-refractivity contribution is 5.89. The smallest absolute Gasteiger partial charge is 0.339 e. The standard InChI is InChI=1S/C14H18N2O3/c1-2-18-14(17)10-3-6-13(15-7-10)16-8-11-4-5-12(9-16)19-11/h3,6-7,11-12H,2,4-5,8-9H2,1H3. The van der Waals surface area contributed by atoms with Crippen LogP contribution in [0.5, 0.6) is 0 Å². The maximum Gasteiger partial charge on any atom is 0.339 e. The SMILES string of the molecule is CCOC(=O)c1ccc(N2CC3CCC(C2)O3)nc1. The molecule has 0 saturated carbocycles. The van der Waals surface area contributed by atoms with Crippen LogP contribution in [0.15, 0.2) is 18.3 Å². The van der Waals surface area contributed by atoms with Crippen molar-refractivity contribution in [3.05, 3.63) is 23.9 Å². The van der Waals surface area contributed by atoms with Gasteiger partial charge in [-0.25, -0.2) is 9.78 Å². The molecule has 2 atom stereocenters. The molecule has 2 aliphatic heterocycles. The summed E-state index contributed by atoms with van der Waals surface area (Å²) >= 11 is 0. The lowest BCUT2D eigenvalue weighted by molar-refractivity contribution is 0.0302. The average molecular weight is 262 g/mol. The third-order valence-electron chi connectivity index (χ3n) is 3.63. The second-order valence-electron chi connectivity index (χ2n) is 4.99. The molecule has 5 nitrogen and oxygen atoms in total. The van der Waals surface area contributed by atoms with Crippen molar-refractivity contribution in [3.8, 4) is 0 Å². The molecule has 19 heavy (non-hydrogen) atoms. The number of carbonyl (C=O) groups excluding carboxylic acids is 1. The zero-order valence-corrected chi connectivity index (χ0v) is 11.0. The Labute approximate surface area is 112 Å². The summed E-state index contributed by atoms with van der Waals surface area (Å²) in [5, 5.41) is 0. The molecule has 0 aromatic carbocycles. The summed E-state index contributed by atoms with van der Waals surface area (Å²) in [6.07, 6.45) is 4.55. The molecule has 2 saturated heterocycles. The topological polar surface area (TPSA) is 51.7 Å². The first kappa shape index (κ1) is 12.4. The molecule has 1 aromatic heterocycles. The van der Waals surface area contributed by atoms with Crippen LogP contribution >= 0.6 is 0 Å². The Morgan fingerprint density at radius 2 is 2.16 bits per heavy atom. The number of hydrogen-bond acceptors (Lipinski definition) is 5. The van der Waals surface area contributed by atoms with Crippen molar-refractivity contribution in [2.45, 2.75) is 32.0 Å².